The molecule has 5 heteroatoms. The topological polar surface area (TPSA) is 60.4 Å². The van der Waals surface area contributed by atoms with E-state index in [2.05, 4.69) is 0 Å². The predicted molar refractivity (Wildman–Crippen MR) is 118 cm³/mol. The summed E-state index contributed by atoms with van der Waals surface area (Å²) in [6.45, 7) is 0. The molecule has 0 amide bonds. The van der Waals surface area contributed by atoms with Gasteiger partial charge in [0.25, 0.3) is 0 Å². The van der Waals surface area contributed by atoms with Crippen LogP contribution in [-0.4, -0.2) is 29.0 Å². The van der Waals surface area contributed by atoms with Crippen molar-refractivity contribution in [3.05, 3.63) is 83.9 Å². The zero-order valence-corrected chi connectivity index (χ0v) is 17.7. The number of hydrogen-bond acceptors (Lipinski definition) is 4. The number of ether oxygens (including phenoxy) is 1. The van der Waals surface area contributed by atoms with E-state index < -0.39 is 0 Å². The molecule has 1 saturated heterocycles. The maximum Gasteiger partial charge on any atom is 0.338 e. The van der Waals surface area contributed by atoms with Gasteiger partial charge in [-0.3, -0.25) is 9.59 Å². The fraction of sp³-hybridized carbons (Fsp3) is 0.320. The molecule has 0 radical (unpaired) electrons. The maximum atomic E-state index is 12.5. The lowest BCUT2D eigenvalue weighted by atomic mass is 9.91. The largest absolute Gasteiger partial charge is 0.458 e. The van der Waals surface area contributed by atoms with E-state index in [-0.39, 0.29) is 43.9 Å². The molecule has 1 saturated carbocycles. The van der Waals surface area contributed by atoms with Gasteiger partial charge < -0.3 is 4.74 Å². The average molecular weight is 420 g/mol. The number of benzene rings is 2. The molecule has 2 aromatic rings. The number of hydrogen-bond donors (Lipinski definition) is 0. The Labute approximate surface area is 178 Å². The first-order chi connectivity index (χ1) is 14.6. The third kappa shape index (κ3) is 4.94. The molecule has 0 bridgehead atoms. The van der Waals surface area contributed by atoms with E-state index in [4.69, 9.17) is 4.74 Å². The quantitative estimate of drug-likeness (QED) is 0.374. The number of rotatable bonds is 7. The Morgan fingerprint density at radius 3 is 2.47 bits per heavy atom. The molecule has 154 valence electrons. The minimum Gasteiger partial charge on any atom is -0.458 e. The van der Waals surface area contributed by atoms with Crippen LogP contribution in [-0.2, 0) is 20.7 Å². The van der Waals surface area contributed by atoms with Gasteiger partial charge in [-0.05, 0) is 56.8 Å². The van der Waals surface area contributed by atoms with Crippen LogP contribution in [0.15, 0.2) is 72.8 Å². The van der Waals surface area contributed by atoms with Crippen molar-refractivity contribution in [2.45, 2.75) is 37.4 Å². The van der Waals surface area contributed by atoms with E-state index in [0.717, 1.165) is 5.56 Å². The molecule has 2 fully saturated rings. The first-order valence-electron chi connectivity index (χ1n) is 10.4. The first-order valence-corrected chi connectivity index (χ1v) is 11.5. The fourth-order valence-corrected chi connectivity index (χ4v) is 6.11. The van der Waals surface area contributed by atoms with E-state index in [1.54, 1.807) is 18.2 Å². The van der Waals surface area contributed by atoms with Crippen molar-refractivity contribution in [2.75, 3.05) is 0 Å². The summed E-state index contributed by atoms with van der Waals surface area (Å²) in [7, 11) is 0.283. The summed E-state index contributed by atoms with van der Waals surface area (Å²) in [5, 5.41) is 0. The Kier molecular flexibility index (Phi) is 6.54. The molecule has 1 aliphatic carbocycles. The normalized spacial score (nSPS) is 26.2. The number of carbonyl (C=O) groups excluding carboxylic acids is 3. The third-order valence-corrected chi connectivity index (χ3v) is 7.53. The minimum atomic E-state index is -0.343. The van der Waals surface area contributed by atoms with Gasteiger partial charge in [-0.2, -0.15) is 0 Å². The molecule has 0 aromatic heterocycles. The van der Waals surface area contributed by atoms with Crippen molar-refractivity contribution in [1.82, 2.24) is 0 Å². The van der Waals surface area contributed by atoms with E-state index in [1.807, 2.05) is 54.6 Å². The van der Waals surface area contributed by atoms with E-state index in [0.29, 0.717) is 36.8 Å². The SMILES string of the molecule is O=C(/C=C/[C@H]1[C@H](OC(=O)c2ccccc2)CC2PC(=O)C[C@@H]21)CCc1ccccc1. The number of carbonyl (C=O) groups is 3. The predicted octanol–water partition coefficient (Wildman–Crippen LogP) is 4.58. The molecule has 0 N–H and O–H groups in total. The molecule has 1 heterocycles. The molecule has 2 unspecified atom stereocenters. The van der Waals surface area contributed by atoms with Crippen LogP contribution in [0, 0.1) is 11.8 Å². The van der Waals surface area contributed by atoms with Gasteiger partial charge in [0.2, 0.25) is 0 Å². The van der Waals surface area contributed by atoms with Crippen LogP contribution >= 0.6 is 8.58 Å². The molecule has 30 heavy (non-hydrogen) atoms. The van der Waals surface area contributed by atoms with Gasteiger partial charge in [0.05, 0.1) is 5.56 Å². The van der Waals surface area contributed by atoms with Gasteiger partial charge in [-0.15, -0.1) is 0 Å². The van der Waals surface area contributed by atoms with Gasteiger partial charge in [0, 0.05) is 18.8 Å². The van der Waals surface area contributed by atoms with Crippen molar-refractivity contribution in [1.29, 1.82) is 0 Å². The monoisotopic (exact) mass is 420 g/mol. The molecule has 2 aliphatic rings. The smallest absolute Gasteiger partial charge is 0.338 e. The summed E-state index contributed by atoms with van der Waals surface area (Å²) in [5.74, 6) is -0.198. The van der Waals surface area contributed by atoms with E-state index >= 15 is 0 Å². The zero-order valence-electron chi connectivity index (χ0n) is 16.7. The molecule has 2 aromatic carbocycles. The molecule has 1 aliphatic heterocycles. The highest BCUT2D eigenvalue weighted by molar-refractivity contribution is 7.59. The highest BCUT2D eigenvalue weighted by atomic mass is 31.1. The second kappa shape index (κ2) is 9.49. The lowest BCUT2D eigenvalue weighted by Gasteiger charge is -2.21. The number of aryl methyl sites for hydroxylation is 1. The van der Waals surface area contributed by atoms with Crippen molar-refractivity contribution >= 4 is 25.9 Å². The van der Waals surface area contributed by atoms with Crippen LogP contribution in [0.2, 0.25) is 0 Å². The summed E-state index contributed by atoms with van der Waals surface area (Å²) in [6, 6.07) is 18.9. The van der Waals surface area contributed by atoms with Crippen LogP contribution in [0.4, 0.5) is 0 Å². The van der Waals surface area contributed by atoms with Crippen molar-refractivity contribution in [2.24, 2.45) is 11.8 Å². The number of allylic oxidation sites excluding steroid dienone is 1. The second-order valence-electron chi connectivity index (χ2n) is 7.98. The summed E-state index contributed by atoms with van der Waals surface area (Å²) in [4.78, 5) is 36.9. The Morgan fingerprint density at radius 1 is 1.03 bits per heavy atom. The summed E-state index contributed by atoms with van der Waals surface area (Å²) in [5.41, 5.74) is 2.22. The number of esters is 1. The second-order valence-corrected chi connectivity index (χ2v) is 9.56. The lowest BCUT2D eigenvalue weighted by Crippen LogP contribution is -2.24. The Balaban J connectivity index is 1.42. The summed E-state index contributed by atoms with van der Waals surface area (Å²) in [6.07, 6.45) is 5.60. The Morgan fingerprint density at radius 2 is 1.73 bits per heavy atom. The van der Waals surface area contributed by atoms with Crippen LogP contribution < -0.4 is 0 Å². The average Bonchev–Trinajstić information content (AvgIpc) is 3.27. The number of fused-ring (bicyclic) bond motifs is 1. The maximum absolute atomic E-state index is 12.5. The molecular weight excluding hydrogens is 395 g/mol. The van der Waals surface area contributed by atoms with Gasteiger partial charge in [0.1, 0.15) is 6.10 Å². The minimum absolute atomic E-state index is 0.0576. The fourth-order valence-electron chi connectivity index (χ4n) is 4.44. The molecule has 4 nitrogen and oxygen atoms in total. The molecule has 0 spiro atoms. The van der Waals surface area contributed by atoms with Crippen LogP contribution in [0.3, 0.4) is 0 Å². The van der Waals surface area contributed by atoms with E-state index in [9.17, 15) is 14.4 Å². The van der Waals surface area contributed by atoms with Crippen LogP contribution in [0.25, 0.3) is 0 Å². The van der Waals surface area contributed by atoms with Crippen molar-refractivity contribution in [3.63, 3.8) is 0 Å². The standard InChI is InChI=1S/C25H25O4P/c26-19(12-11-17-7-3-1-4-8-17)13-14-20-21-15-24(27)30-23(21)16-22(20)29-25(28)18-9-5-2-6-10-18/h1-10,13-14,20-23,30H,11-12,15-16H2/b14-13+/t20-,21-,22-,23?/m1/s1. The third-order valence-electron chi connectivity index (χ3n) is 5.97. The van der Waals surface area contributed by atoms with Gasteiger partial charge in [-0.1, -0.05) is 54.6 Å². The molecular formula is C25H25O4P. The lowest BCUT2D eigenvalue weighted by molar-refractivity contribution is -0.114. The van der Waals surface area contributed by atoms with Crippen molar-refractivity contribution < 1.29 is 19.1 Å². The first kappa shape index (κ1) is 20.7. The molecule has 5 atom stereocenters. The van der Waals surface area contributed by atoms with Gasteiger partial charge in [-0.25, -0.2) is 4.79 Å². The van der Waals surface area contributed by atoms with Gasteiger partial charge >= 0.3 is 5.97 Å². The van der Waals surface area contributed by atoms with Crippen LogP contribution in [0.5, 0.6) is 0 Å². The van der Waals surface area contributed by atoms with Gasteiger partial charge in [0.15, 0.2) is 11.3 Å². The highest BCUT2D eigenvalue weighted by Crippen LogP contribution is 2.52. The van der Waals surface area contributed by atoms with E-state index in [1.165, 1.54) is 0 Å². The number of ketones is 1. The highest BCUT2D eigenvalue weighted by Gasteiger charge is 2.48. The summed E-state index contributed by atoms with van der Waals surface area (Å²) < 4.78 is 5.83. The Bertz CT molecular complexity index is 938. The molecule has 4 rings (SSSR count). The van der Waals surface area contributed by atoms with Crippen LogP contribution in [0.1, 0.15) is 35.2 Å². The summed E-state index contributed by atoms with van der Waals surface area (Å²) >= 11 is 0. The van der Waals surface area contributed by atoms with Crippen molar-refractivity contribution in [3.8, 4) is 0 Å². The Hall–Kier alpha value is -2.58. The zero-order chi connectivity index (χ0) is 20.9.